The molecule has 2 aromatic heterocycles. The maximum absolute atomic E-state index is 9.62. The molecule has 4 rings (SSSR count). The molecule has 26 heavy (non-hydrogen) atoms. The van der Waals surface area contributed by atoms with Crippen LogP contribution in [0.3, 0.4) is 0 Å². The molecule has 0 atom stereocenters. The summed E-state index contributed by atoms with van der Waals surface area (Å²) in [5, 5.41) is 14.6. The van der Waals surface area contributed by atoms with Crippen molar-refractivity contribution in [2.75, 3.05) is 0 Å². The Hall–Kier alpha value is -3.36. The third-order valence-corrected chi connectivity index (χ3v) is 4.47. The molecule has 0 aliphatic heterocycles. The number of H-pyrrole nitrogens is 1. The fourth-order valence-electron chi connectivity index (χ4n) is 2.79. The van der Waals surface area contributed by atoms with Gasteiger partial charge < -0.3 is 4.98 Å². The number of imidazole rings is 1. The summed E-state index contributed by atoms with van der Waals surface area (Å²) in [6, 6.07) is 19.5. The first kappa shape index (κ1) is 16.1. The van der Waals surface area contributed by atoms with Crippen LogP contribution in [0.1, 0.15) is 17.1 Å². The monoisotopic (exact) mass is 359 g/mol. The number of aryl methyl sites for hydroxylation is 1. The van der Waals surface area contributed by atoms with Crippen LogP contribution in [-0.4, -0.2) is 19.7 Å². The molecule has 126 valence electrons. The number of allylic oxidation sites excluding steroid dienone is 1. The third-order valence-electron chi connectivity index (χ3n) is 4.10. The summed E-state index contributed by atoms with van der Waals surface area (Å²) < 4.78 is 1.66. The van der Waals surface area contributed by atoms with E-state index in [-0.39, 0.29) is 0 Å². The number of benzene rings is 2. The summed E-state index contributed by atoms with van der Waals surface area (Å²) in [6.45, 7) is 1.87. The van der Waals surface area contributed by atoms with Crippen molar-refractivity contribution < 1.29 is 0 Å². The fourth-order valence-corrected chi connectivity index (χ4v) is 3.12. The second-order valence-electron chi connectivity index (χ2n) is 5.81. The molecule has 4 aromatic rings. The summed E-state index contributed by atoms with van der Waals surface area (Å²) in [7, 11) is 0. The largest absolute Gasteiger partial charge is 0.337 e. The molecule has 0 bridgehead atoms. The van der Waals surface area contributed by atoms with Crippen molar-refractivity contribution in [2.24, 2.45) is 0 Å². The molecule has 0 saturated heterocycles. The number of hydrogen-bond donors (Lipinski definition) is 1. The third kappa shape index (κ3) is 2.77. The molecule has 2 aromatic carbocycles. The SMILES string of the molecule is Cc1nn(-c2ccccc2)c(Cl)c1/C=C(\C#N)c1nc2ccccc2[nH]1. The average Bonchev–Trinajstić information content (AvgIpc) is 3.22. The first-order valence-corrected chi connectivity index (χ1v) is 8.42. The highest BCUT2D eigenvalue weighted by Gasteiger charge is 2.15. The molecular weight excluding hydrogens is 346 g/mol. The summed E-state index contributed by atoms with van der Waals surface area (Å²) in [5.74, 6) is 0.511. The van der Waals surface area contributed by atoms with Gasteiger partial charge in [-0.05, 0) is 37.3 Å². The predicted octanol–water partition coefficient (Wildman–Crippen LogP) is 4.77. The van der Waals surface area contributed by atoms with Crippen molar-refractivity contribution in [2.45, 2.75) is 6.92 Å². The van der Waals surface area contributed by atoms with Crippen molar-refractivity contribution in [3.63, 3.8) is 0 Å². The zero-order chi connectivity index (χ0) is 18.1. The summed E-state index contributed by atoms with van der Waals surface area (Å²) in [6.07, 6.45) is 1.72. The first-order chi connectivity index (χ1) is 12.7. The molecule has 0 unspecified atom stereocenters. The van der Waals surface area contributed by atoms with Gasteiger partial charge in [-0.3, -0.25) is 0 Å². The van der Waals surface area contributed by atoms with E-state index in [0.29, 0.717) is 22.1 Å². The van der Waals surface area contributed by atoms with E-state index < -0.39 is 0 Å². The lowest BCUT2D eigenvalue weighted by Crippen LogP contribution is -1.95. The summed E-state index contributed by atoms with van der Waals surface area (Å²) in [5.41, 5.74) is 4.40. The van der Waals surface area contributed by atoms with Crippen LogP contribution in [0.15, 0.2) is 54.6 Å². The molecule has 1 N–H and O–H groups in total. The lowest BCUT2D eigenvalue weighted by Gasteiger charge is -2.02. The minimum atomic E-state index is 0.402. The lowest BCUT2D eigenvalue weighted by molar-refractivity contribution is 0.863. The van der Waals surface area contributed by atoms with Crippen molar-refractivity contribution in [3.05, 3.63) is 76.8 Å². The van der Waals surface area contributed by atoms with Crippen LogP contribution in [0.2, 0.25) is 5.15 Å². The van der Waals surface area contributed by atoms with E-state index in [1.807, 2.05) is 61.5 Å². The van der Waals surface area contributed by atoms with Crippen LogP contribution >= 0.6 is 11.6 Å². The molecule has 0 fully saturated rings. The topological polar surface area (TPSA) is 70.3 Å². The number of fused-ring (bicyclic) bond motifs is 1. The van der Waals surface area contributed by atoms with Gasteiger partial charge in [-0.15, -0.1) is 0 Å². The van der Waals surface area contributed by atoms with Gasteiger partial charge in [0.05, 0.1) is 28.0 Å². The smallest absolute Gasteiger partial charge is 0.149 e. The number of aromatic nitrogens is 4. The van der Waals surface area contributed by atoms with Gasteiger partial charge in [0.15, 0.2) is 0 Å². The molecule has 0 amide bonds. The Balaban J connectivity index is 1.82. The number of nitriles is 1. The number of aromatic amines is 1. The van der Waals surface area contributed by atoms with Crippen molar-refractivity contribution >= 4 is 34.3 Å². The Bertz CT molecular complexity index is 1130. The van der Waals surface area contributed by atoms with Gasteiger partial charge in [0.2, 0.25) is 0 Å². The van der Waals surface area contributed by atoms with E-state index in [2.05, 4.69) is 21.1 Å². The van der Waals surface area contributed by atoms with Crippen molar-refractivity contribution in [1.82, 2.24) is 19.7 Å². The molecule has 0 radical (unpaired) electrons. The number of para-hydroxylation sites is 3. The average molecular weight is 360 g/mol. The van der Waals surface area contributed by atoms with Crippen molar-refractivity contribution in [1.29, 1.82) is 5.26 Å². The molecule has 5 nitrogen and oxygen atoms in total. The van der Waals surface area contributed by atoms with Crippen LogP contribution in [0.25, 0.3) is 28.4 Å². The number of rotatable bonds is 3. The van der Waals surface area contributed by atoms with Crippen LogP contribution in [0.5, 0.6) is 0 Å². The number of nitrogens with zero attached hydrogens (tertiary/aromatic N) is 4. The second-order valence-corrected chi connectivity index (χ2v) is 6.17. The maximum Gasteiger partial charge on any atom is 0.149 e. The number of halogens is 1. The van der Waals surface area contributed by atoms with E-state index in [4.69, 9.17) is 11.6 Å². The Morgan fingerprint density at radius 3 is 2.62 bits per heavy atom. The zero-order valence-electron chi connectivity index (χ0n) is 13.9. The minimum absolute atomic E-state index is 0.402. The second kappa shape index (κ2) is 6.51. The van der Waals surface area contributed by atoms with Gasteiger partial charge in [0.25, 0.3) is 0 Å². The lowest BCUT2D eigenvalue weighted by atomic mass is 10.1. The minimum Gasteiger partial charge on any atom is -0.337 e. The Morgan fingerprint density at radius 2 is 1.88 bits per heavy atom. The molecule has 0 aliphatic rings. The predicted molar refractivity (Wildman–Crippen MR) is 103 cm³/mol. The van der Waals surface area contributed by atoms with Crippen LogP contribution in [0.4, 0.5) is 0 Å². The van der Waals surface area contributed by atoms with Gasteiger partial charge in [-0.25, -0.2) is 9.67 Å². The Labute approximate surface area is 155 Å². The highest BCUT2D eigenvalue weighted by Crippen LogP contribution is 2.27. The first-order valence-electron chi connectivity index (χ1n) is 8.05. The van der Waals surface area contributed by atoms with E-state index in [1.165, 1.54) is 0 Å². The van der Waals surface area contributed by atoms with Gasteiger partial charge in [-0.1, -0.05) is 41.9 Å². The van der Waals surface area contributed by atoms with Gasteiger partial charge >= 0.3 is 0 Å². The summed E-state index contributed by atoms with van der Waals surface area (Å²) >= 11 is 6.55. The number of nitrogens with one attached hydrogen (secondary N) is 1. The van der Waals surface area contributed by atoms with E-state index >= 15 is 0 Å². The highest BCUT2D eigenvalue weighted by atomic mass is 35.5. The molecule has 0 saturated carbocycles. The van der Waals surface area contributed by atoms with Crippen molar-refractivity contribution in [3.8, 4) is 11.8 Å². The molecule has 0 aliphatic carbocycles. The van der Waals surface area contributed by atoms with Crippen LogP contribution in [0, 0.1) is 18.3 Å². The quantitative estimate of drug-likeness (QED) is 0.535. The normalized spacial score (nSPS) is 11.7. The molecule has 6 heteroatoms. The van der Waals surface area contributed by atoms with Crippen LogP contribution < -0.4 is 0 Å². The highest BCUT2D eigenvalue weighted by molar-refractivity contribution is 6.31. The van der Waals surface area contributed by atoms with Crippen LogP contribution in [-0.2, 0) is 0 Å². The Kier molecular flexibility index (Phi) is 4.04. The van der Waals surface area contributed by atoms with Gasteiger partial charge in [0.1, 0.15) is 17.0 Å². The maximum atomic E-state index is 9.62. The molecule has 2 heterocycles. The zero-order valence-corrected chi connectivity index (χ0v) is 14.7. The van der Waals surface area contributed by atoms with E-state index in [1.54, 1.807) is 10.8 Å². The summed E-state index contributed by atoms with van der Waals surface area (Å²) in [4.78, 5) is 7.66. The van der Waals surface area contributed by atoms with E-state index in [0.717, 1.165) is 22.4 Å². The Morgan fingerprint density at radius 1 is 1.15 bits per heavy atom. The number of hydrogen-bond acceptors (Lipinski definition) is 3. The standard InChI is InChI=1S/C20H14ClN5/c1-13-16(19(21)26(25-13)15-7-3-2-4-8-15)11-14(12-22)20-23-17-9-5-6-10-18(17)24-20/h2-11H,1H3,(H,23,24)/b14-11+. The van der Waals surface area contributed by atoms with Gasteiger partial charge in [0, 0.05) is 5.56 Å². The molecular formula is C20H14ClN5. The molecule has 0 spiro atoms. The van der Waals surface area contributed by atoms with E-state index in [9.17, 15) is 5.26 Å². The van der Waals surface area contributed by atoms with Gasteiger partial charge in [-0.2, -0.15) is 10.4 Å². The fraction of sp³-hybridized carbons (Fsp3) is 0.0500.